The Morgan fingerprint density at radius 1 is 1.52 bits per heavy atom. The number of benzene rings is 1. The first kappa shape index (κ1) is 14.1. The molecular weight excluding hydrogens is 284 g/mol. The molecule has 110 valence electrons. The lowest BCUT2D eigenvalue weighted by Crippen LogP contribution is -2.48. The molecule has 0 fully saturated rings. The third-order valence-electron chi connectivity index (χ3n) is 3.95. The molecule has 1 aliphatic rings. The summed E-state index contributed by atoms with van der Waals surface area (Å²) in [7, 11) is 0. The van der Waals surface area contributed by atoms with Gasteiger partial charge in [0.05, 0.1) is 5.54 Å². The van der Waals surface area contributed by atoms with Crippen LogP contribution in [0.5, 0.6) is 5.75 Å². The smallest absolute Gasteiger partial charge is 0.262 e. The fourth-order valence-electron chi connectivity index (χ4n) is 2.47. The number of aromatic nitrogens is 1. The highest BCUT2D eigenvalue weighted by molar-refractivity contribution is 7.09. The van der Waals surface area contributed by atoms with Crippen LogP contribution in [-0.2, 0) is 16.8 Å². The van der Waals surface area contributed by atoms with Gasteiger partial charge in [0.1, 0.15) is 10.8 Å². The van der Waals surface area contributed by atoms with Gasteiger partial charge in [0.25, 0.3) is 5.91 Å². The predicted molar refractivity (Wildman–Crippen MR) is 82.5 cm³/mol. The first-order valence-corrected chi connectivity index (χ1v) is 7.97. The highest BCUT2D eigenvalue weighted by Crippen LogP contribution is 2.30. The van der Waals surface area contributed by atoms with E-state index in [1.165, 1.54) is 0 Å². The normalized spacial score (nSPS) is 19.4. The molecule has 1 aliphatic heterocycles. The average Bonchev–Trinajstić information content (AvgIpc) is 3.16. The number of hydrogen-bond acceptors (Lipinski definition) is 4. The summed E-state index contributed by atoms with van der Waals surface area (Å²) in [6.45, 7) is 4.05. The molecule has 0 bridgehead atoms. The number of nitrogens with one attached hydrogen (secondary N) is 1. The maximum absolute atomic E-state index is 12.5. The predicted octanol–water partition coefficient (Wildman–Crippen LogP) is 2.89. The largest absolute Gasteiger partial charge is 0.480 e. The lowest BCUT2D eigenvalue weighted by atomic mass is 9.99. The third kappa shape index (κ3) is 2.65. The van der Waals surface area contributed by atoms with Crippen molar-refractivity contribution in [2.75, 3.05) is 0 Å². The maximum atomic E-state index is 12.5. The Balaban J connectivity index is 1.73. The van der Waals surface area contributed by atoms with Crippen molar-refractivity contribution in [1.82, 2.24) is 10.3 Å². The van der Waals surface area contributed by atoms with Crippen LogP contribution >= 0.6 is 11.3 Å². The number of carbonyl (C=O) groups excluding carboxylic acids is 1. The fourth-order valence-corrected chi connectivity index (χ4v) is 3.30. The van der Waals surface area contributed by atoms with Crippen LogP contribution in [0.15, 0.2) is 35.8 Å². The van der Waals surface area contributed by atoms with E-state index in [0.29, 0.717) is 6.42 Å². The van der Waals surface area contributed by atoms with Crippen molar-refractivity contribution in [3.8, 4) is 5.75 Å². The van der Waals surface area contributed by atoms with Crippen LogP contribution in [0.3, 0.4) is 0 Å². The van der Waals surface area contributed by atoms with Gasteiger partial charge in [-0.3, -0.25) is 4.79 Å². The zero-order valence-electron chi connectivity index (χ0n) is 12.1. The Morgan fingerprint density at radius 3 is 3.00 bits per heavy atom. The van der Waals surface area contributed by atoms with Gasteiger partial charge in [-0.25, -0.2) is 4.98 Å². The molecule has 21 heavy (non-hydrogen) atoms. The van der Waals surface area contributed by atoms with Gasteiger partial charge < -0.3 is 10.1 Å². The summed E-state index contributed by atoms with van der Waals surface area (Å²) < 4.78 is 5.75. The van der Waals surface area contributed by atoms with Crippen LogP contribution in [0.1, 0.15) is 30.8 Å². The minimum Gasteiger partial charge on any atom is -0.480 e. The second kappa shape index (κ2) is 5.48. The molecule has 5 heteroatoms. The van der Waals surface area contributed by atoms with E-state index < -0.39 is 11.6 Å². The van der Waals surface area contributed by atoms with Crippen LogP contribution in [0.25, 0.3) is 0 Å². The van der Waals surface area contributed by atoms with Crippen molar-refractivity contribution < 1.29 is 9.53 Å². The van der Waals surface area contributed by atoms with E-state index >= 15 is 0 Å². The van der Waals surface area contributed by atoms with Gasteiger partial charge in [0.2, 0.25) is 0 Å². The molecule has 0 spiro atoms. The summed E-state index contributed by atoms with van der Waals surface area (Å²) in [4.78, 5) is 16.9. The summed E-state index contributed by atoms with van der Waals surface area (Å²) in [6, 6.07) is 7.80. The number of carbonyl (C=O) groups is 1. The molecule has 1 aromatic heterocycles. The molecule has 0 saturated heterocycles. The monoisotopic (exact) mass is 302 g/mol. The first-order chi connectivity index (χ1) is 10.1. The lowest BCUT2D eigenvalue weighted by molar-refractivity contribution is -0.129. The molecule has 0 radical (unpaired) electrons. The Hall–Kier alpha value is -1.88. The third-order valence-corrected chi connectivity index (χ3v) is 4.99. The van der Waals surface area contributed by atoms with Gasteiger partial charge in [-0.15, -0.1) is 11.3 Å². The summed E-state index contributed by atoms with van der Waals surface area (Å²) in [5, 5.41) is 5.96. The first-order valence-electron chi connectivity index (χ1n) is 7.09. The van der Waals surface area contributed by atoms with Crippen molar-refractivity contribution in [3.63, 3.8) is 0 Å². The quantitative estimate of drug-likeness (QED) is 0.945. The SMILES string of the molecule is CC[C@](C)(NC(=O)[C@H]1Cc2ccccc2O1)c1nccs1. The molecule has 2 aromatic rings. The van der Waals surface area contributed by atoms with Crippen LogP contribution in [0, 0.1) is 0 Å². The second-order valence-electron chi connectivity index (χ2n) is 5.43. The van der Waals surface area contributed by atoms with E-state index in [1.807, 2.05) is 43.5 Å². The van der Waals surface area contributed by atoms with E-state index in [4.69, 9.17) is 4.74 Å². The van der Waals surface area contributed by atoms with Crippen molar-refractivity contribution in [2.24, 2.45) is 0 Å². The number of fused-ring (bicyclic) bond motifs is 1. The molecule has 1 N–H and O–H groups in total. The molecule has 0 aliphatic carbocycles. The van der Waals surface area contributed by atoms with Crippen molar-refractivity contribution in [1.29, 1.82) is 0 Å². The van der Waals surface area contributed by atoms with E-state index in [2.05, 4.69) is 10.3 Å². The maximum Gasteiger partial charge on any atom is 0.262 e. The van der Waals surface area contributed by atoms with Gasteiger partial charge in [0.15, 0.2) is 6.10 Å². The van der Waals surface area contributed by atoms with Gasteiger partial charge in [-0.05, 0) is 25.0 Å². The van der Waals surface area contributed by atoms with Crippen LogP contribution < -0.4 is 10.1 Å². The molecule has 0 saturated carbocycles. The lowest BCUT2D eigenvalue weighted by Gasteiger charge is -2.28. The zero-order valence-corrected chi connectivity index (χ0v) is 12.9. The number of rotatable bonds is 4. The standard InChI is InChI=1S/C16H18N2O2S/c1-3-16(2,15-17-8-9-21-15)18-14(19)13-10-11-6-4-5-7-12(11)20-13/h4-9,13H,3,10H2,1-2H3,(H,18,19)/t13-,16+/m1/s1. The molecule has 4 nitrogen and oxygen atoms in total. The number of hydrogen-bond donors (Lipinski definition) is 1. The average molecular weight is 302 g/mol. The van der Waals surface area contributed by atoms with Crippen LogP contribution in [0.4, 0.5) is 0 Å². The molecule has 3 rings (SSSR count). The van der Waals surface area contributed by atoms with Crippen molar-refractivity contribution >= 4 is 17.2 Å². The van der Waals surface area contributed by atoms with E-state index in [9.17, 15) is 4.79 Å². The van der Waals surface area contributed by atoms with E-state index in [1.54, 1.807) is 17.5 Å². The second-order valence-corrected chi connectivity index (χ2v) is 6.33. The van der Waals surface area contributed by atoms with Crippen molar-refractivity contribution in [3.05, 3.63) is 46.4 Å². The van der Waals surface area contributed by atoms with Gasteiger partial charge in [-0.2, -0.15) is 0 Å². The summed E-state index contributed by atoms with van der Waals surface area (Å²) >= 11 is 1.56. The van der Waals surface area contributed by atoms with Gasteiger partial charge in [0, 0.05) is 18.0 Å². The summed E-state index contributed by atoms with van der Waals surface area (Å²) in [6.07, 6.45) is 2.72. The highest BCUT2D eigenvalue weighted by atomic mass is 32.1. The number of thiazole rings is 1. The fraction of sp³-hybridized carbons (Fsp3) is 0.375. The van der Waals surface area contributed by atoms with Crippen molar-refractivity contribution in [2.45, 2.75) is 38.3 Å². The number of nitrogens with zero attached hydrogens (tertiary/aromatic N) is 1. The number of ether oxygens (including phenoxy) is 1. The molecule has 0 unspecified atom stereocenters. The summed E-state index contributed by atoms with van der Waals surface area (Å²) in [5.41, 5.74) is 0.647. The molecular formula is C16H18N2O2S. The highest BCUT2D eigenvalue weighted by Gasteiger charge is 2.35. The molecule has 1 amide bonds. The zero-order chi connectivity index (χ0) is 14.9. The number of para-hydroxylation sites is 1. The van der Waals surface area contributed by atoms with E-state index in [0.717, 1.165) is 22.7 Å². The molecule has 1 aromatic carbocycles. The van der Waals surface area contributed by atoms with E-state index in [-0.39, 0.29) is 5.91 Å². The van der Waals surface area contributed by atoms with Gasteiger partial charge >= 0.3 is 0 Å². The Kier molecular flexibility index (Phi) is 3.68. The topological polar surface area (TPSA) is 51.2 Å². The Labute approximate surface area is 128 Å². The summed E-state index contributed by atoms with van der Waals surface area (Å²) in [5.74, 6) is 0.732. The van der Waals surface area contributed by atoms with Crippen LogP contribution in [0.2, 0.25) is 0 Å². The molecule has 2 atom stereocenters. The van der Waals surface area contributed by atoms with Crippen LogP contribution in [-0.4, -0.2) is 17.0 Å². The Morgan fingerprint density at radius 2 is 2.33 bits per heavy atom. The minimum absolute atomic E-state index is 0.0780. The number of amides is 1. The Bertz CT molecular complexity index is 616. The van der Waals surface area contributed by atoms with Gasteiger partial charge in [-0.1, -0.05) is 25.1 Å². The minimum atomic E-state index is -0.451. The molecule has 2 heterocycles.